The molecule has 1 atom stereocenters. The van der Waals surface area contributed by atoms with Crippen LogP contribution in [-0.2, 0) is 11.2 Å². The molecular formula is C13H20FNO2. The molecule has 0 radical (unpaired) electrons. The van der Waals surface area contributed by atoms with Crippen LogP contribution in [0.5, 0.6) is 5.75 Å². The van der Waals surface area contributed by atoms with Crippen LogP contribution in [0.15, 0.2) is 18.2 Å². The first-order valence-electron chi connectivity index (χ1n) is 5.59. The first kappa shape index (κ1) is 13.9. The molecule has 0 amide bonds. The SMILES string of the molecule is COCCC(C)(N)Cc1cccc(OC)c1F. The lowest BCUT2D eigenvalue weighted by molar-refractivity contribution is 0.171. The van der Waals surface area contributed by atoms with Crippen molar-refractivity contribution in [1.82, 2.24) is 0 Å². The van der Waals surface area contributed by atoms with Crippen LogP contribution in [0.25, 0.3) is 0 Å². The maximum absolute atomic E-state index is 13.9. The van der Waals surface area contributed by atoms with Crippen molar-refractivity contribution in [2.45, 2.75) is 25.3 Å². The van der Waals surface area contributed by atoms with Gasteiger partial charge in [-0.15, -0.1) is 0 Å². The molecule has 0 spiro atoms. The largest absolute Gasteiger partial charge is 0.494 e. The van der Waals surface area contributed by atoms with Crippen molar-refractivity contribution < 1.29 is 13.9 Å². The fraction of sp³-hybridized carbons (Fsp3) is 0.538. The van der Waals surface area contributed by atoms with Gasteiger partial charge in [-0.3, -0.25) is 0 Å². The van der Waals surface area contributed by atoms with Crippen LogP contribution in [0.4, 0.5) is 4.39 Å². The van der Waals surface area contributed by atoms with Gasteiger partial charge in [0, 0.05) is 19.3 Å². The second-order valence-corrected chi connectivity index (χ2v) is 4.51. The highest BCUT2D eigenvalue weighted by molar-refractivity contribution is 5.32. The highest BCUT2D eigenvalue weighted by Gasteiger charge is 2.21. The van der Waals surface area contributed by atoms with Gasteiger partial charge in [0.15, 0.2) is 11.6 Å². The number of methoxy groups -OCH3 is 2. The Kier molecular flexibility index (Phi) is 4.90. The van der Waals surface area contributed by atoms with E-state index >= 15 is 0 Å². The van der Waals surface area contributed by atoms with Gasteiger partial charge in [-0.25, -0.2) is 4.39 Å². The Morgan fingerprint density at radius 3 is 2.65 bits per heavy atom. The number of nitrogens with two attached hydrogens (primary N) is 1. The molecule has 3 nitrogen and oxygen atoms in total. The lowest BCUT2D eigenvalue weighted by Gasteiger charge is -2.24. The van der Waals surface area contributed by atoms with Gasteiger partial charge in [-0.2, -0.15) is 0 Å². The number of ether oxygens (including phenoxy) is 2. The highest BCUT2D eigenvalue weighted by atomic mass is 19.1. The van der Waals surface area contributed by atoms with Crippen LogP contribution in [0.1, 0.15) is 18.9 Å². The van der Waals surface area contributed by atoms with Gasteiger partial charge in [0.25, 0.3) is 0 Å². The molecule has 0 bridgehead atoms. The van der Waals surface area contributed by atoms with Gasteiger partial charge < -0.3 is 15.2 Å². The fourth-order valence-electron chi connectivity index (χ4n) is 1.71. The lowest BCUT2D eigenvalue weighted by Crippen LogP contribution is -2.40. The minimum atomic E-state index is -0.483. The van der Waals surface area contributed by atoms with Gasteiger partial charge >= 0.3 is 0 Å². The number of hydrogen-bond acceptors (Lipinski definition) is 3. The number of halogens is 1. The van der Waals surface area contributed by atoms with Crippen molar-refractivity contribution in [1.29, 1.82) is 0 Å². The summed E-state index contributed by atoms with van der Waals surface area (Å²) in [5, 5.41) is 0. The molecule has 2 N–H and O–H groups in total. The Balaban J connectivity index is 2.80. The molecule has 0 fully saturated rings. The summed E-state index contributed by atoms with van der Waals surface area (Å²) in [7, 11) is 3.08. The summed E-state index contributed by atoms with van der Waals surface area (Å²) in [6.45, 7) is 2.46. The van der Waals surface area contributed by atoms with Crippen molar-refractivity contribution in [3.8, 4) is 5.75 Å². The van der Waals surface area contributed by atoms with E-state index in [1.165, 1.54) is 7.11 Å². The normalized spacial score (nSPS) is 14.4. The fourth-order valence-corrected chi connectivity index (χ4v) is 1.71. The molecule has 1 unspecified atom stereocenters. The molecule has 1 aromatic carbocycles. The average molecular weight is 241 g/mol. The molecule has 4 heteroatoms. The molecule has 17 heavy (non-hydrogen) atoms. The summed E-state index contributed by atoms with van der Waals surface area (Å²) in [6, 6.07) is 5.10. The zero-order valence-electron chi connectivity index (χ0n) is 10.6. The van der Waals surface area contributed by atoms with E-state index in [1.54, 1.807) is 25.3 Å². The van der Waals surface area contributed by atoms with Crippen LogP contribution in [-0.4, -0.2) is 26.4 Å². The first-order valence-corrected chi connectivity index (χ1v) is 5.59. The minimum absolute atomic E-state index is 0.255. The highest BCUT2D eigenvalue weighted by Crippen LogP contribution is 2.23. The van der Waals surface area contributed by atoms with E-state index in [-0.39, 0.29) is 11.6 Å². The monoisotopic (exact) mass is 241 g/mol. The van der Waals surface area contributed by atoms with Crippen LogP contribution in [0.2, 0.25) is 0 Å². The van der Waals surface area contributed by atoms with Crippen LogP contribution in [0.3, 0.4) is 0 Å². The first-order chi connectivity index (χ1) is 8.00. The average Bonchev–Trinajstić information content (AvgIpc) is 2.29. The smallest absolute Gasteiger partial charge is 0.168 e. The zero-order chi connectivity index (χ0) is 12.9. The Hall–Kier alpha value is -1.13. The van der Waals surface area contributed by atoms with Crippen LogP contribution < -0.4 is 10.5 Å². The standard InChI is InChI=1S/C13H20FNO2/c1-13(15,7-8-16-2)9-10-5-4-6-11(17-3)12(10)14/h4-6H,7-9,15H2,1-3H3. The van der Waals surface area contributed by atoms with Gasteiger partial charge in [0.2, 0.25) is 0 Å². The van der Waals surface area contributed by atoms with Crippen molar-refractivity contribution in [2.75, 3.05) is 20.8 Å². The predicted molar refractivity (Wildman–Crippen MR) is 65.7 cm³/mol. The summed E-state index contributed by atoms with van der Waals surface area (Å²) in [4.78, 5) is 0. The van der Waals surface area contributed by atoms with Crippen molar-refractivity contribution >= 4 is 0 Å². The van der Waals surface area contributed by atoms with Gasteiger partial charge in [0.05, 0.1) is 7.11 Å². The summed E-state index contributed by atoms with van der Waals surface area (Å²) in [5.41, 5.74) is 6.20. The summed E-state index contributed by atoms with van der Waals surface area (Å²) in [6.07, 6.45) is 1.14. The number of rotatable bonds is 6. The molecule has 0 saturated heterocycles. The molecule has 0 aliphatic carbocycles. The second kappa shape index (κ2) is 5.98. The van der Waals surface area contributed by atoms with Gasteiger partial charge in [-0.05, 0) is 31.4 Å². The Labute approximate surface area is 102 Å². The van der Waals surface area contributed by atoms with E-state index in [4.69, 9.17) is 15.2 Å². The third-order valence-corrected chi connectivity index (χ3v) is 2.73. The molecule has 0 aliphatic rings. The second-order valence-electron chi connectivity index (χ2n) is 4.51. The molecule has 0 aromatic heterocycles. The van der Waals surface area contributed by atoms with Crippen molar-refractivity contribution in [3.63, 3.8) is 0 Å². The minimum Gasteiger partial charge on any atom is -0.494 e. The number of benzene rings is 1. The Morgan fingerprint density at radius 2 is 2.06 bits per heavy atom. The molecule has 0 aliphatic heterocycles. The van der Waals surface area contributed by atoms with E-state index < -0.39 is 5.54 Å². The predicted octanol–water partition coefficient (Wildman–Crippen LogP) is 2.13. The van der Waals surface area contributed by atoms with E-state index in [9.17, 15) is 4.39 Å². The third-order valence-electron chi connectivity index (χ3n) is 2.73. The summed E-state index contributed by atoms with van der Waals surface area (Å²) < 4.78 is 23.8. The molecule has 1 rings (SSSR count). The van der Waals surface area contributed by atoms with E-state index in [0.29, 0.717) is 25.0 Å². The van der Waals surface area contributed by atoms with E-state index in [2.05, 4.69) is 0 Å². The molecular weight excluding hydrogens is 221 g/mol. The lowest BCUT2D eigenvalue weighted by atomic mass is 9.90. The Morgan fingerprint density at radius 1 is 1.35 bits per heavy atom. The van der Waals surface area contributed by atoms with Gasteiger partial charge in [-0.1, -0.05) is 12.1 Å². The van der Waals surface area contributed by atoms with Crippen molar-refractivity contribution in [3.05, 3.63) is 29.6 Å². The van der Waals surface area contributed by atoms with Gasteiger partial charge in [0.1, 0.15) is 0 Å². The summed E-state index contributed by atoms with van der Waals surface area (Å²) >= 11 is 0. The quantitative estimate of drug-likeness (QED) is 0.829. The van der Waals surface area contributed by atoms with Crippen LogP contribution >= 0.6 is 0 Å². The molecule has 96 valence electrons. The molecule has 0 saturated carbocycles. The van der Waals surface area contributed by atoms with Crippen molar-refractivity contribution in [2.24, 2.45) is 5.73 Å². The third kappa shape index (κ3) is 3.98. The Bertz CT molecular complexity index is 366. The maximum Gasteiger partial charge on any atom is 0.168 e. The van der Waals surface area contributed by atoms with Crippen LogP contribution in [0, 0.1) is 5.82 Å². The van der Waals surface area contributed by atoms with E-state index in [1.807, 2.05) is 6.92 Å². The summed E-state index contributed by atoms with van der Waals surface area (Å²) in [5.74, 6) is -0.0749. The van der Waals surface area contributed by atoms with E-state index in [0.717, 1.165) is 0 Å². The zero-order valence-corrected chi connectivity index (χ0v) is 10.6. The molecule has 0 heterocycles. The topological polar surface area (TPSA) is 44.5 Å². The molecule has 1 aromatic rings. The number of hydrogen-bond donors (Lipinski definition) is 1. The maximum atomic E-state index is 13.9.